The molecule has 2 aromatic heterocycles. The summed E-state index contributed by atoms with van der Waals surface area (Å²) in [6.45, 7) is 2.83. The van der Waals surface area contributed by atoms with Crippen LogP contribution in [0.15, 0.2) is 17.9 Å². The van der Waals surface area contributed by atoms with Crippen LogP contribution >= 0.6 is 22.9 Å². The van der Waals surface area contributed by atoms with Crippen LogP contribution in [0.25, 0.3) is 0 Å². The number of rotatable bonds is 5. The lowest BCUT2D eigenvalue weighted by Gasteiger charge is -2.59. The first-order chi connectivity index (χ1) is 12.9. The highest BCUT2D eigenvalue weighted by Gasteiger charge is 2.60. The van der Waals surface area contributed by atoms with Crippen LogP contribution in [0.4, 0.5) is 5.69 Å². The number of thiazole rings is 1. The largest absolute Gasteiger partial charge is 0.323 e. The Bertz CT molecular complexity index is 861. The Labute approximate surface area is 168 Å². The second kappa shape index (κ2) is 6.31. The molecule has 1 amide bonds. The second-order valence-corrected chi connectivity index (χ2v) is 10.7. The van der Waals surface area contributed by atoms with Gasteiger partial charge in [-0.15, -0.1) is 22.9 Å². The summed E-state index contributed by atoms with van der Waals surface area (Å²) in [6, 6.07) is 0. The summed E-state index contributed by atoms with van der Waals surface area (Å²) in [5.74, 6) is 1.40. The van der Waals surface area contributed by atoms with E-state index in [0.717, 1.165) is 56.5 Å². The van der Waals surface area contributed by atoms with Gasteiger partial charge in [-0.05, 0) is 57.3 Å². The molecule has 4 aliphatic rings. The van der Waals surface area contributed by atoms with E-state index in [-0.39, 0.29) is 16.2 Å². The highest BCUT2D eigenvalue weighted by Crippen LogP contribution is 2.64. The number of hydrogen-bond donors (Lipinski definition) is 1. The predicted octanol–water partition coefficient (Wildman–Crippen LogP) is 4.41. The molecule has 4 saturated carbocycles. The third-order valence-corrected chi connectivity index (χ3v) is 8.21. The zero-order chi connectivity index (χ0) is 18.6. The molecule has 0 aromatic carbocycles. The van der Waals surface area contributed by atoms with Crippen molar-refractivity contribution in [3.63, 3.8) is 0 Å². The number of hydrogen-bond acceptors (Lipinski definition) is 4. The van der Waals surface area contributed by atoms with Gasteiger partial charge in [0, 0.05) is 28.9 Å². The van der Waals surface area contributed by atoms with Crippen LogP contribution in [0.5, 0.6) is 0 Å². The lowest BCUT2D eigenvalue weighted by molar-refractivity contribution is -0.138. The molecular weight excluding hydrogens is 380 g/mol. The van der Waals surface area contributed by atoms with E-state index in [1.165, 1.54) is 11.3 Å². The number of aromatic nitrogens is 3. The number of anilines is 1. The summed E-state index contributed by atoms with van der Waals surface area (Å²) < 4.78 is 1.90. The maximum atomic E-state index is 13.2. The highest BCUT2D eigenvalue weighted by molar-refractivity contribution is 7.09. The molecule has 0 aliphatic heterocycles. The van der Waals surface area contributed by atoms with E-state index in [1.807, 2.05) is 23.3 Å². The van der Waals surface area contributed by atoms with Gasteiger partial charge in [-0.3, -0.25) is 9.48 Å². The number of aryl methyl sites for hydroxylation is 3. The van der Waals surface area contributed by atoms with Crippen molar-refractivity contribution in [3.05, 3.63) is 28.5 Å². The molecule has 0 saturated heterocycles. The van der Waals surface area contributed by atoms with Crippen LogP contribution < -0.4 is 5.32 Å². The average molecular weight is 405 g/mol. The van der Waals surface area contributed by atoms with E-state index in [9.17, 15) is 4.79 Å². The monoisotopic (exact) mass is 404 g/mol. The fourth-order valence-corrected chi connectivity index (χ4v) is 7.48. The Morgan fingerprint density at radius 2 is 2.15 bits per heavy atom. The van der Waals surface area contributed by atoms with Gasteiger partial charge in [-0.25, -0.2) is 4.98 Å². The van der Waals surface area contributed by atoms with Gasteiger partial charge in [0.1, 0.15) is 0 Å². The SMILES string of the molecule is Cc1ncsc1CCn1cc(NC(=O)C23C[C@@H]4C[C@@H](CC(Cl)(C4)C2)C3)cn1. The van der Waals surface area contributed by atoms with Crippen molar-refractivity contribution < 1.29 is 4.79 Å². The molecule has 4 fully saturated rings. The number of carbonyl (C=O) groups is 1. The molecular formula is C20H25ClN4OS. The van der Waals surface area contributed by atoms with Crippen LogP contribution in [-0.4, -0.2) is 25.5 Å². The molecule has 0 radical (unpaired) electrons. The molecule has 7 heteroatoms. The minimum atomic E-state index is -0.270. The van der Waals surface area contributed by atoms with Crippen molar-refractivity contribution in [1.29, 1.82) is 0 Å². The fourth-order valence-electron chi connectivity index (χ4n) is 6.01. The van der Waals surface area contributed by atoms with E-state index in [4.69, 9.17) is 11.6 Å². The molecule has 27 heavy (non-hydrogen) atoms. The van der Waals surface area contributed by atoms with Crippen molar-refractivity contribution in [2.24, 2.45) is 17.3 Å². The molecule has 144 valence electrons. The number of amides is 1. The molecule has 2 unspecified atom stereocenters. The van der Waals surface area contributed by atoms with E-state index < -0.39 is 0 Å². The summed E-state index contributed by atoms with van der Waals surface area (Å²) in [7, 11) is 0. The van der Waals surface area contributed by atoms with Gasteiger partial charge in [-0.1, -0.05) is 0 Å². The van der Waals surface area contributed by atoms with Crippen molar-refractivity contribution in [2.45, 2.75) is 63.3 Å². The van der Waals surface area contributed by atoms with Crippen LogP contribution in [0.3, 0.4) is 0 Å². The summed E-state index contributed by atoms with van der Waals surface area (Å²) in [5.41, 5.74) is 3.50. The third-order valence-electron chi connectivity index (χ3n) is 6.78. The lowest BCUT2D eigenvalue weighted by Crippen LogP contribution is -2.57. The maximum Gasteiger partial charge on any atom is 0.230 e. The first-order valence-electron chi connectivity index (χ1n) is 9.85. The van der Waals surface area contributed by atoms with Gasteiger partial charge in [0.2, 0.25) is 5.91 Å². The number of alkyl halides is 1. The van der Waals surface area contributed by atoms with Gasteiger partial charge in [-0.2, -0.15) is 5.10 Å². The van der Waals surface area contributed by atoms with Gasteiger partial charge < -0.3 is 5.32 Å². The summed E-state index contributed by atoms with van der Waals surface area (Å²) >= 11 is 8.56. The summed E-state index contributed by atoms with van der Waals surface area (Å²) in [5, 5.41) is 7.57. The molecule has 5 nitrogen and oxygen atoms in total. The number of nitrogens with zero attached hydrogens (tertiary/aromatic N) is 3. The van der Waals surface area contributed by atoms with Crippen molar-refractivity contribution in [3.8, 4) is 0 Å². The Kier molecular flexibility index (Phi) is 4.13. The number of nitrogens with one attached hydrogen (secondary N) is 1. The van der Waals surface area contributed by atoms with Crippen molar-refractivity contribution in [1.82, 2.24) is 14.8 Å². The first-order valence-corrected chi connectivity index (χ1v) is 11.1. The van der Waals surface area contributed by atoms with Gasteiger partial charge in [0.15, 0.2) is 0 Å². The average Bonchev–Trinajstić information content (AvgIpc) is 3.19. The number of carbonyl (C=O) groups excluding carboxylic acids is 1. The maximum absolute atomic E-state index is 13.2. The molecule has 4 bridgehead atoms. The summed E-state index contributed by atoms with van der Waals surface area (Å²) in [4.78, 5) is 18.6. The Morgan fingerprint density at radius 3 is 2.81 bits per heavy atom. The standard InChI is InChI=1S/C20H25ClN4OS/c1-13-17(27-12-22-13)2-3-25-10-16(9-23-25)24-18(26)19-5-14-4-15(6-19)8-20(21,7-14)11-19/h9-10,12,14-15H,2-8,11H2,1H3,(H,24,26)/t14-,15+,19?,20?. The topological polar surface area (TPSA) is 59.8 Å². The van der Waals surface area contributed by atoms with Crippen molar-refractivity contribution >= 4 is 34.5 Å². The Balaban J connectivity index is 1.25. The van der Waals surface area contributed by atoms with E-state index in [1.54, 1.807) is 17.5 Å². The van der Waals surface area contributed by atoms with Crippen LogP contribution in [0.1, 0.15) is 49.1 Å². The first kappa shape index (κ1) is 17.7. The van der Waals surface area contributed by atoms with Gasteiger partial charge >= 0.3 is 0 Å². The van der Waals surface area contributed by atoms with Crippen LogP contribution in [0.2, 0.25) is 0 Å². The van der Waals surface area contributed by atoms with Crippen molar-refractivity contribution in [2.75, 3.05) is 5.32 Å². The second-order valence-electron chi connectivity index (χ2n) is 8.95. The predicted molar refractivity (Wildman–Crippen MR) is 107 cm³/mol. The smallest absolute Gasteiger partial charge is 0.230 e. The fraction of sp³-hybridized carbons (Fsp3) is 0.650. The van der Waals surface area contributed by atoms with E-state index in [0.29, 0.717) is 11.8 Å². The zero-order valence-corrected chi connectivity index (χ0v) is 17.2. The minimum absolute atomic E-state index is 0.141. The molecule has 2 heterocycles. The van der Waals surface area contributed by atoms with E-state index in [2.05, 4.69) is 15.4 Å². The van der Waals surface area contributed by atoms with E-state index >= 15 is 0 Å². The van der Waals surface area contributed by atoms with Crippen LogP contribution in [-0.2, 0) is 17.8 Å². The normalized spacial score (nSPS) is 34.1. The molecule has 6 rings (SSSR count). The lowest BCUT2D eigenvalue weighted by atomic mass is 9.49. The van der Waals surface area contributed by atoms with Gasteiger partial charge in [0.05, 0.1) is 28.5 Å². The Hall–Kier alpha value is -1.40. The molecule has 4 atom stereocenters. The zero-order valence-electron chi connectivity index (χ0n) is 15.6. The Morgan fingerprint density at radius 1 is 1.37 bits per heavy atom. The molecule has 4 aliphatic carbocycles. The van der Waals surface area contributed by atoms with Crippen LogP contribution in [0, 0.1) is 24.2 Å². The quantitative estimate of drug-likeness (QED) is 0.751. The molecule has 1 N–H and O–H groups in total. The molecule has 0 spiro atoms. The molecule has 2 aromatic rings. The highest BCUT2D eigenvalue weighted by atomic mass is 35.5. The minimum Gasteiger partial charge on any atom is -0.323 e. The third kappa shape index (κ3) is 3.21. The van der Waals surface area contributed by atoms with Gasteiger partial charge in [0.25, 0.3) is 0 Å². The number of halogens is 1. The summed E-state index contributed by atoms with van der Waals surface area (Å²) in [6.07, 6.45) is 10.9.